The molecular weight excluding hydrogens is 256 g/mol. The van der Waals surface area contributed by atoms with Crippen molar-refractivity contribution in [1.82, 2.24) is 10.2 Å². The van der Waals surface area contributed by atoms with E-state index in [9.17, 15) is 9.59 Å². The van der Waals surface area contributed by atoms with Gasteiger partial charge in [-0.2, -0.15) is 0 Å². The van der Waals surface area contributed by atoms with E-state index in [-0.39, 0.29) is 17.9 Å². The smallest absolute Gasteiger partial charge is 0.335 e. The molecule has 0 radical (unpaired) electrons. The van der Waals surface area contributed by atoms with Gasteiger partial charge in [0, 0.05) is 6.54 Å². The number of nitrogens with zero attached hydrogens (tertiary/aromatic N) is 1. The van der Waals surface area contributed by atoms with Crippen molar-refractivity contribution in [2.45, 2.75) is 19.3 Å². The Labute approximate surface area is 119 Å². The number of carboxylic acid groups (broad SMARTS) is 1. The van der Waals surface area contributed by atoms with Crippen LogP contribution in [-0.4, -0.2) is 49.1 Å². The summed E-state index contributed by atoms with van der Waals surface area (Å²) in [7, 11) is 4.03. The number of hydrogen-bond acceptors (Lipinski definition) is 3. The standard InChI is InChI=1S/C15H22N2O3/c1-17(2)10-6-5-9-16-14(18)11-12-7-3-4-8-13(12)15(19)20/h3-4,7-8H,5-6,9-11H2,1-2H3,(H,16,18)(H,19,20). The van der Waals surface area contributed by atoms with Gasteiger partial charge in [0.1, 0.15) is 0 Å². The van der Waals surface area contributed by atoms with Crippen LogP contribution >= 0.6 is 0 Å². The highest BCUT2D eigenvalue weighted by molar-refractivity contribution is 5.91. The molecule has 0 atom stereocenters. The average molecular weight is 278 g/mol. The first-order chi connectivity index (χ1) is 9.50. The van der Waals surface area contributed by atoms with Crippen LogP contribution in [0.15, 0.2) is 24.3 Å². The van der Waals surface area contributed by atoms with Crippen LogP contribution < -0.4 is 5.32 Å². The van der Waals surface area contributed by atoms with Crippen LogP contribution in [0, 0.1) is 0 Å². The normalized spacial score (nSPS) is 10.6. The molecule has 1 aromatic rings. The second kappa shape index (κ2) is 8.32. The van der Waals surface area contributed by atoms with Crippen LogP contribution in [0.1, 0.15) is 28.8 Å². The fraction of sp³-hybridized carbons (Fsp3) is 0.467. The molecular formula is C15H22N2O3. The van der Waals surface area contributed by atoms with Gasteiger partial charge in [-0.15, -0.1) is 0 Å². The Morgan fingerprint density at radius 2 is 1.90 bits per heavy atom. The number of hydrogen-bond donors (Lipinski definition) is 2. The van der Waals surface area contributed by atoms with Gasteiger partial charge in [0.05, 0.1) is 12.0 Å². The molecule has 0 aliphatic rings. The molecule has 0 unspecified atom stereocenters. The first kappa shape index (κ1) is 16.2. The summed E-state index contributed by atoms with van der Waals surface area (Å²) in [6.45, 7) is 1.62. The highest BCUT2D eigenvalue weighted by Gasteiger charge is 2.11. The van der Waals surface area contributed by atoms with Crippen molar-refractivity contribution < 1.29 is 14.7 Å². The summed E-state index contributed by atoms with van der Waals surface area (Å²) in [5, 5.41) is 11.9. The van der Waals surface area contributed by atoms with Gasteiger partial charge in [0.15, 0.2) is 0 Å². The maximum Gasteiger partial charge on any atom is 0.335 e. The van der Waals surface area contributed by atoms with Crippen molar-refractivity contribution in [3.8, 4) is 0 Å². The molecule has 0 heterocycles. The van der Waals surface area contributed by atoms with Crippen molar-refractivity contribution in [1.29, 1.82) is 0 Å². The number of aromatic carboxylic acids is 1. The van der Waals surface area contributed by atoms with E-state index in [0.29, 0.717) is 12.1 Å². The molecule has 2 N–H and O–H groups in total. The van der Waals surface area contributed by atoms with Crippen LogP contribution in [0.5, 0.6) is 0 Å². The summed E-state index contributed by atoms with van der Waals surface area (Å²) in [6.07, 6.45) is 2.06. The third kappa shape index (κ3) is 5.84. The van der Waals surface area contributed by atoms with E-state index in [2.05, 4.69) is 10.2 Å². The number of carbonyl (C=O) groups is 2. The number of benzene rings is 1. The molecule has 0 spiro atoms. The Kier molecular flexibility index (Phi) is 6.73. The summed E-state index contributed by atoms with van der Waals surface area (Å²) >= 11 is 0. The number of nitrogens with one attached hydrogen (secondary N) is 1. The lowest BCUT2D eigenvalue weighted by atomic mass is 10.0. The lowest BCUT2D eigenvalue weighted by Gasteiger charge is -2.10. The zero-order chi connectivity index (χ0) is 15.0. The van der Waals surface area contributed by atoms with Gasteiger partial charge in [-0.25, -0.2) is 4.79 Å². The first-order valence-electron chi connectivity index (χ1n) is 6.73. The van der Waals surface area contributed by atoms with Gasteiger partial charge >= 0.3 is 5.97 Å². The third-order valence-corrected chi connectivity index (χ3v) is 2.95. The van der Waals surface area contributed by atoms with Crippen LogP contribution in [0.2, 0.25) is 0 Å². The molecule has 0 saturated carbocycles. The largest absolute Gasteiger partial charge is 0.478 e. The molecule has 20 heavy (non-hydrogen) atoms. The van der Waals surface area contributed by atoms with Crippen molar-refractivity contribution in [2.24, 2.45) is 0 Å². The second-order valence-corrected chi connectivity index (χ2v) is 5.00. The molecule has 1 aromatic carbocycles. The van der Waals surface area contributed by atoms with Crippen LogP contribution in [0.3, 0.4) is 0 Å². The van der Waals surface area contributed by atoms with Gasteiger partial charge in [0.25, 0.3) is 0 Å². The van der Waals surface area contributed by atoms with E-state index < -0.39 is 5.97 Å². The first-order valence-corrected chi connectivity index (χ1v) is 6.73. The molecule has 5 heteroatoms. The quantitative estimate of drug-likeness (QED) is 0.705. The Bertz CT molecular complexity index is 458. The van der Waals surface area contributed by atoms with Crippen molar-refractivity contribution in [3.63, 3.8) is 0 Å². The molecule has 5 nitrogen and oxygen atoms in total. The predicted octanol–water partition coefficient (Wildman–Crippen LogP) is 1.39. The maximum atomic E-state index is 11.8. The highest BCUT2D eigenvalue weighted by Crippen LogP contribution is 2.09. The fourth-order valence-corrected chi connectivity index (χ4v) is 1.90. The van der Waals surface area contributed by atoms with Crippen molar-refractivity contribution in [3.05, 3.63) is 35.4 Å². The Balaban J connectivity index is 2.37. The molecule has 0 aromatic heterocycles. The molecule has 1 rings (SSSR count). The Morgan fingerprint density at radius 3 is 2.55 bits per heavy atom. The summed E-state index contributed by atoms with van der Waals surface area (Å²) in [5.41, 5.74) is 0.737. The Hall–Kier alpha value is -1.88. The second-order valence-electron chi connectivity index (χ2n) is 5.00. The lowest BCUT2D eigenvalue weighted by molar-refractivity contribution is -0.120. The lowest BCUT2D eigenvalue weighted by Crippen LogP contribution is -2.27. The molecule has 0 fully saturated rings. The number of carbonyl (C=O) groups excluding carboxylic acids is 1. The van der Waals surface area contributed by atoms with Gasteiger partial charge < -0.3 is 15.3 Å². The summed E-state index contributed by atoms with van der Waals surface area (Å²) in [4.78, 5) is 24.9. The number of rotatable bonds is 8. The Morgan fingerprint density at radius 1 is 1.20 bits per heavy atom. The van der Waals surface area contributed by atoms with E-state index in [0.717, 1.165) is 19.4 Å². The minimum atomic E-state index is -1.00. The maximum absolute atomic E-state index is 11.8. The monoisotopic (exact) mass is 278 g/mol. The predicted molar refractivity (Wildman–Crippen MR) is 77.9 cm³/mol. The van der Waals surface area contributed by atoms with Crippen LogP contribution in [0.4, 0.5) is 0 Å². The minimum absolute atomic E-state index is 0.107. The van der Waals surface area contributed by atoms with E-state index in [4.69, 9.17) is 5.11 Å². The van der Waals surface area contributed by atoms with E-state index in [1.807, 2.05) is 14.1 Å². The number of amides is 1. The SMILES string of the molecule is CN(C)CCCCNC(=O)Cc1ccccc1C(=O)O. The van der Waals surface area contributed by atoms with Crippen LogP contribution in [-0.2, 0) is 11.2 Å². The molecule has 110 valence electrons. The van der Waals surface area contributed by atoms with Gasteiger partial charge in [-0.05, 0) is 45.1 Å². The molecule has 1 amide bonds. The summed E-state index contributed by atoms with van der Waals surface area (Å²) in [5.74, 6) is -1.14. The molecule has 0 aliphatic carbocycles. The van der Waals surface area contributed by atoms with Crippen molar-refractivity contribution >= 4 is 11.9 Å². The average Bonchev–Trinajstić information content (AvgIpc) is 2.38. The topological polar surface area (TPSA) is 69.6 Å². The number of carboxylic acids is 1. The summed E-state index contributed by atoms with van der Waals surface area (Å²) in [6, 6.07) is 6.59. The van der Waals surface area contributed by atoms with E-state index in [1.165, 1.54) is 6.07 Å². The fourth-order valence-electron chi connectivity index (χ4n) is 1.90. The van der Waals surface area contributed by atoms with Gasteiger partial charge in [0.2, 0.25) is 5.91 Å². The highest BCUT2D eigenvalue weighted by atomic mass is 16.4. The van der Waals surface area contributed by atoms with Gasteiger partial charge in [-0.1, -0.05) is 18.2 Å². The van der Waals surface area contributed by atoms with Crippen LogP contribution in [0.25, 0.3) is 0 Å². The molecule has 0 aliphatic heterocycles. The zero-order valence-electron chi connectivity index (χ0n) is 12.1. The van der Waals surface area contributed by atoms with Gasteiger partial charge in [-0.3, -0.25) is 4.79 Å². The van der Waals surface area contributed by atoms with E-state index in [1.54, 1.807) is 18.2 Å². The number of unbranched alkanes of at least 4 members (excludes halogenated alkanes) is 1. The summed E-state index contributed by atoms with van der Waals surface area (Å²) < 4.78 is 0. The minimum Gasteiger partial charge on any atom is -0.478 e. The van der Waals surface area contributed by atoms with Crippen molar-refractivity contribution in [2.75, 3.05) is 27.2 Å². The third-order valence-electron chi connectivity index (χ3n) is 2.95. The zero-order valence-corrected chi connectivity index (χ0v) is 12.1. The molecule has 0 bridgehead atoms. The van der Waals surface area contributed by atoms with E-state index >= 15 is 0 Å². The molecule has 0 saturated heterocycles.